The normalized spacial score (nSPS) is 14.1. The molecule has 1 atom stereocenters. The van der Waals surface area contributed by atoms with E-state index in [1.807, 2.05) is 0 Å². The monoisotopic (exact) mass is 123 g/mol. The first kappa shape index (κ1) is 7.21. The van der Waals surface area contributed by atoms with Gasteiger partial charge in [-0.1, -0.05) is 11.6 Å². The molecule has 0 aromatic rings. The highest BCUT2D eigenvalue weighted by Gasteiger charge is 1.95. The van der Waals surface area contributed by atoms with E-state index in [1.165, 1.54) is 0 Å². The van der Waals surface area contributed by atoms with Crippen LogP contribution in [-0.4, -0.2) is 19.2 Å². The average molecular weight is 124 g/mol. The third kappa shape index (κ3) is 4.05. The Morgan fingerprint density at radius 1 is 1.86 bits per heavy atom. The van der Waals surface area contributed by atoms with Gasteiger partial charge in [0.25, 0.3) is 0 Å². The van der Waals surface area contributed by atoms with Gasteiger partial charge in [0, 0.05) is 7.11 Å². The molecule has 0 saturated carbocycles. The van der Waals surface area contributed by atoms with Gasteiger partial charge in [-0.05, 0) is 13.0 Å². The maximum atomic E-state index is 5.46. The maximum Gasteiger partial charge on any atom is 0.132 e. The van der Waals surface area contributed by atoms with E-state index in [0.29, 0.717) is 6.54 Å². The highest BCUT2D eigenvalue weighted by molar-refractivity contribution is 6.19. The number of ether oxygens (including phenoxy) is 1. The van der Waals surface area contributed by atoms with Crippen molar-refractivity contribution in [2.24, 2.45) is 5.73 Å². The van der Waals surface area contributed by atoms with Crippen molar-refractivity contribution in [3.63, 3.8) is 0 Å². The van der Waals surface area contributed by atoms with Crippen LogP contribution in [0.4, 0.5) is 0 Å². The molecule has 0 radical (unpaired) electrons. The van der Waals surface area contributed by atoms with Crippen molar-refractivity contribution in [2.45, 2.75) is 12.0 Å². The van der Waals surface area contributed by atoms with Crippen LogP contribution in [0.1, 0.15) is 6.42 Å². The Hall–Kier alpha value is 0.210. The molecule has 0 rings (SSSR count). The number of hydrogen-bond acceptors (Lipinski definition) is 2. The summed E-state index contributed by atoms with van der Waals surface area (Å²) in [4.78, 5) is 0. The number of methoxy groups -OCH3 is 1. The summed E-state index contributed by atoms with van der Waals surface area (Å²) in [5.41, 5.74) is 4.94. The summed E-state index contributed by atoms with van der Waals surface area (Å²) < 4.78 is 4.68. The molecule has 2 nitrogen and oxygen atoms in total. The van der Waals surface area contributed by atoms with Gasteiger partial charge in [-0.2, -0.15) is 0 Å². The van der Waals surface area contributed by atoms with Gasteiger partial charge in [-0.3, -0.25) is 0 Å². The van der Waals surface area contributed by atoms with Crippen LogP contribution in [0.2, 0.25) is 0 Å². The van der Waals surface area contributed by atoms with E-state index in [2.05, 4.69) is 4.74 Å². The van der Waals surface area contributed by atoms with Crippen LogP contribution in [0.25, 0.3) is 0 Å². The Bertz CT molecular complexity index is 42.7. The number of halogens is 1. The summed E-state index contributed by atoms with van der Waals surface area (Å²) in [7, 11) is 1.56. The van der Waals surface area contributed by atoms with Crippen molar-refractivity contribution in [3.8, 4) is 0 Å². The molecule has 0 aliphatic rings. The first-order valence-electron chi connectivity index (χ1n) is 2.18. The van der Waals surface area contributed by atoms with Gasteiger partial charge in [-0.25, -0.2) is 0 Å². The van der Waals surface area contributed by atoms with Crippen LogP contribution >= 0.6 is 11.6 Å². The van der Waals surface area contributed by atoms with Crippen molar-refractivity contribution < 1.29 is 4.74 Å². The fourth-order valence-electron chi connectivity index (χ4n) is 0.249. The topological polar surface area (TPSA) is 35.2 Å². The SMILES string of the molecule is COC(Cl)CCN. The predicted molar refractivity (Wildman–Crippen MR) is 30.3 cm³/mol. The molecule has 3 heteroatoms. The van der Waals surface area contributed by atoms with Gasteiger partial charge in [0.05, 0.1) is 0 Å². The van der Waals surface area contributed by atoms with Crippen molar-refractivity contribution in [3.05, 3.63) is 0 Å². The van der Waals surface area contributed by atoms with Gasteiger partial charge < -0.3 is 10.5 Å². The zero-order valence-electron chi connectivity index (χ0n) is 4.36. The molecule has 0 amide bonds. The summed E-state index contributed by atoms with van der Waals surface area (Å²) in [6.45, 7) is 0.585. The van der Waals surface area contributed by atoms with Crippen molar-refractivity contribution in [1.82, 2.24) is 0 Å². The van der Waals surface area contributed by atoms with Gasteiger partial charge in [-0.15, -0.1) is 0 Å². The highest BCUT2D eigenvalue weighted by atomic mass is 35.5. The predicted octanol–water partition coefficient (Wildman–Crippen LogP) is 0.547. The molecule has 0 aliphatic carbocycles. The summed E-state index contributed by atoms with van der Waals surface area (Å²) in [5, 5.41) is 0. The number of alkyl halides is 1. The Morgan fingerprint density at radius 2 is 2.43 bits per heavy atom. The van der Waals surface area contributed by atoms with Gasteiger partial charge in [0.2, 0.25) is 0 Å². The summed E-state index contributed by atoms with van der Waals surface area (Å²) >= 11 is 5.46. The first-order valence-corrected chi connectivity index (χ1v) is 2.62. The zero-order valence-corrected chi connectivity index (χ0v) is 5.11. The molecule has 0 aromatic carbocycles. The average Bonchev–Trinajstić information content (AvgIpc) is 1.68. The van der Waals surface area contributed by atoms with Crippen molar-refractivity contribution in [1.29, 1.82) is 0 Å². The molecule has 2 N–H and O–H groups in total. The second-order valence-electron chi connectivity index (χ2n) is 1.22. The van der Waals surface area contributed by atoms with Crippen molar-refractivity contribution in [2.75, 3.05) is 13.7 Å². The minimum atomic E-state index is -0.204. The van der Waals surface area contributed by atoms with E-state index in [4.69, 9.17) is 17.3 Å². The molecule has 0 spiro atoms. The minimum absolute atomic E-state index is 0.204. The molecular weight excluding hydrogens is 114 g/mol. The number of hydrogen-bond donors (Lipinski definition) is 1. The molecule has 0 heterocycles. The fourth-order valence-corrected chi connectivity index (χ4v) is 0.375. The molecule has 44 valence electrons. The van der Waals surface area contributed by atoms with Gasteiger partial charge in [0.15, 0.2) is 0 Å². The second kappa shape index (κ2) is 4.37. The van der Waals surface area contributed by atoms with E-state index in [0.717, 1.165) is 6.42 Å². The molecular formula is C4H10ClNO. The van der Waals surface area contributed by atoms with Crippen LogP contribution in [0.15, 0.2) is 0 Å². The lowest BCUT2D eigenvalue weighted by molar-refractivity contribution is 0.162. The summed E-state index contributed by atoms with van der Waals surface area (Å²) in [6, 6.07) is 0. The Labute approximate surface area is 48.6 Å². The summed E-state index contributed by atoms with van der Waals surface area (Å²) in [6.07, 6.45) is 0.720. The Morgan fingerprint density at radius 3 is 2.57 bits per heavy atom. The van der Waals surface area contributed by atoms with Crippen LogP contribution < -0.4 is 5.73 Å². The van der Waals surface area contributed by atoms with Crippen LogP contribution in [0, 0.1) is 0 Å². The molecule has 0 bridgehead atoms. The lowest BCUT2D eigenvalue weighted by Gasteiger charge is -2.01. The van der Waals surface area contributed by atoms with Gasteiger partial charge >= 0.3 is 0 Å². The van der Waals surface area contributed by atoms with E-state index in [1.54, 1.807) is 7.11 Å². The molecule has 1 unspecified atom stereocenters. The minimum Gasteiger partial charge on any atom is -0.366 e. The third-order valence-corrected chi connectivity index (χ3v) is 1.05. The Kier molecular flexibility index (Phi) is 4.50. The lowest BCUT2D eigenvalue weighted by Crippen LogP contribution is -2.09. The van der Waals surface area contributed by atoms with E-state index < -0.39 is 0 Å². The maximum absolute atomic E-state index is 5.46. The second-order valence-corrected chi connectivity index (χ2v) is 1.71. The molecule has 0 saturated heterocycles. The fraction of sp³-hybridized carbons (Fsp3) is 1.00. The van der Waals surface area contributed by atoms with Crippen LogP contribution in [0.5, 0.6) is 0 Å². The lowest BCUT2D eigenvalue weighted by atomic mass is 10.5. The quantitative estimate of drug-likeness (QED) is 0.557. The first-order chi connectivity index (χ1) is 3.31. The largest absolute Gasteiger partial charge is 0.366 e. The van der Waals surface area contributed by atoms with Crippen LogP contribution in [0.3, 0.4) is 0 Å². The highest BCUT2D eigenvalue weighted by Crippen LogP contribution is 1.98. The number of rotatable bonds is 3. The van der Waals surface area contributed by atoms with Gasteiger partial charge in [0.1, 0.15) is 5.56 Å². The number of nitrogens with two attached hydrogens (primary N) is 1. The smallest absolute Gasteiger partial charge is 0.132 e. The molecule has 0 aliphatic heterocycles. The molecule has 7 heavy (non-hydrogen) atoms. The van der Waals surface area contributed by atoms with E-state index in [9.17, 15) is 0 Å². The van der Waals surface area contributed by atoms with Crippen LogP contribution in [-0.2, 0) is 4.74 Å². The van der Waals surface area contributed by atoms with E-state index >= 15 is 0 Å². The molecule has 0 fully saturated rings. The van der Waals surface area contributed by atoms with E-state index in [-0.39, 0.29) is 5.56 Å². The van der Waals surface area contributed by atoms with Crippen molar-refractivity contribution >= 4 is 11.6 Å². The Balaban J connectivity index is 2.83. The zero-order chi connectivity index (χ0) is 5.70. The standard InChI is InChI=1S/C4H10ClNO/c1-7-4(5)2-3-6/h4H,2-3,6H2,1H3. The summed E-state index contributed by atoms with van der Waals surface area (Å²) in [5.74, 6) is 0. The third-order valence-electron chi connectivity index (χ3n) is 0.649. The molecule has 0 aromatic heterocycles.